The lowest BCUT2D eigenvalue weighted by atomic mass is 10.0. The highest BCUT2D eigenvalue weighted by atomic mass is 32.1. The van der Waals surface area contributed by atoms with Crippen LogP contribution in [0.1, 0.15) is 17.7 Å². The third kappa shape index (κ3) is 5.78. The van der Waals surface area contributed by atoms with E-state index < -0.39 is 0 Å². The average molecular weight is 512 g/mol. The number of methoxy groups -OCH3 is 1. The lowest BCUT2D eigenvalue weighted by Crippen LogP contribution is -2.43. The molecule has 0 amide bonds. The molecule has 0 aliphatic carbocycles. The quantitative estimate of drug-likeness (QED) is 0.466. The van der Waals surface area contributed by atoms with Gasteiger partial charge in [-0.2, -0.15) is 0 Å². The number of likely N-dealkylation sites (tertiary alicyclic amines) is 1. The molecule has 2 fully saturated rings. The van der Waals surface area contributed by atoms with Crippen LogP contribution < -0.4 is 10.2 Å². The highest BCUT2D eigenvalue weighted by Crippen LogP contribution is 2.34. The summed E-state index contributed by atoms with van der Waals surface area (Å²) < 4.78 is 10.9. The van der Waals surface area contributed by atoms with Crippen LogP contribution in [0.5, 0.6) is 0 Å². The number of rotatable bonds is 9. The fourth-order valence-corrected chi connectivity index (χ4v) is 6.07. The Balaban J connectivity index is 1.36. The summed E-state index contributed by atoms with van der Waals surface area (Å²) in [5.74, 6) is 2.57. The van der Waals surface area contributed by atoms with Gasteiger partial charge in [-0.15, -0.1) is 11.3 Å². The van der Waals surface area contributed by atoms with E-state index in [1.54, 1.807) is 18.4 Å². The van der Waals surface area contributed by atoms with Crippen LogP contribution >= 0.6 is 11.3 Å². The molecule has 3 aromatic rings. The number of hydrogen-bond donors (Lipinski definition) is 1. The van der Waals surface area contributed by atoms with Gasteiger partial charge in [0.25, 0.3) is 0 Å². The van der Waals surface area contributed by atoms with Gasteiger partial charge in [-0.3, -0.25) is 4.90 Å². The first-order chi connectivity index (χ1) is 17.6. The van der Waals surface area contributed by atoms with E-state index in [1.807, 2.05) is 25.4 Å². The van der Waals surface area contributed by atoms with Gasteiger partial charge in [0.05, 0.1) is 25.2 Å². The SMILES string of the molecule is CNc1ccc(-c2nc(N3CCOCC3)c3cc(CN4CCC(N(C)CCOC)CC4)sc3n2)cn1. The van der Waals surface area contributed by atoms with Crippen LogP contribution in [0, 0.1) is 0 Å². The molecule has 194 valence electrons. The third-order valence-electron chi connectivity index (χ3n) is 7.22. The smallest absolute Gasteiger partial charge is 0.164 e. The summed E-state index contributed by atoms with van der Waals surface area (Å²) >= 11 is 1.79. The molecule has 0 spiro atoms. The van der Waals surface area contributed by atoms with Crippen LogP contribution in [0.4, 0.5) is 11.6 Å². The summed E-state index contributed by atoms with van der Waals surface area (Å²) in [6.07, 6.45) is 4.24. The summed E-state index contributed by atoms with van der Waals surface area (Å²) in [5.41, 5.74) is 0.931. The van der Waals surface area contributed by atoms with Gasteiger partial charge < -0.3 is 24.6 Å². The van der Waals surface area contributed by atoms with Gasteiger partial charge in [-0.1, -0.05) is 0 Å². The number of likely N-dealkylation sites (N-methyl/N-ethyl adjacent to an activating group) is 1. The number of thiophene rings is 1. The molecular formula is C26H37N7O2S. The summed E-state index contributed by atoms with van der Waals surface area (Å²) in [6, 6.07) is 6.95. The van der Waals surface area contributed by atoms with E-state index in [-0.39, 0.29) is 0 Å². The van der Waals surface area contributed by atoms with Crippen molar-refractivity contribution >= 4 is 33.2 Å². The Morgan fingerprint density at radius 2 is 1.97 bits per heavy atom. The van der Waals surface area contributed by atoms with Crippen molar-refractivity contribution in [2.75, 3.05) is 84.0 Å². The van der Waals surface area contributed by atoms with E-state index >= 15 is 0 Å². The Bertz CT molecular complexity index is 1130. The zero-order chi connectivity index (χ0) is 24.9. The molecule has 0 unspecified atom stereocenters. The molecular weight excluding hydrogens is 474 g/mol. The van der Waals surface area contributed by atoms with Crippen LogP contribution in [0.2, 0.25) is 0 Å². The number of piperidine rings is 1. The summed E-state index contributed by atoms with van der Waals surface area (Å²) in [6.45, 7) is 8.13. The number of pyridine rings is 1. The van der Waals surface area contributed by atoms with Crippen LogP contribution in [0.15, 0.2) is 24.4 Å². The van der Waals surface area contributed by atoms with E-state index in [0.29, 0.717) is 6.04 Å². The highest BCUT2D eigenvalue weighted by Gasteiger charge is 2.24. The van der Waals surface area contributed by atoms with E-state index in [4.69, 9.17) is 19.4 Å². The zero-order valence-corrected chi connectivity index (χ0v) is 22.4. The second-order valence-electron chi connectivity index (χ2n) is 9.56. The maximum absolute atomic E-state index is 5.61. The molecule has 0 bridgehead atoms. The van der Waals surface area contributed by atoms with Crippen molar-refractivity contribution in [2.24, 2.45) is 0 Å². The molecule has 5 heterocycles. The molecule has 2 saturated heterocycles. The zero-order valence-electron chi connectivity index (χ0n) is 21.6. The van der Waals surface area contributed by atoms with Crippen molar-refractivity contribution in [1.82, 2.24) is 24.8 Å². The fourth-order valence-electron chi connectivity index (χ4n) is 5.01. The topological polar surface area (TPSA) is 78.9 Å². The first kappa shape index (κ1) is 25.3. The average Bonchev–Trinajstić information content (AvgIpc) is 3.34. The second-order valence-corrected chi connectivity index (χ2v) is 10.7. The summed E-state index contributed by atoms with van der Waals surface area (Å²) in [5, 5.41) is 4.22. The number of nitrogens with zero attached hydrogens (tertiary/aromatic N) is 6. The molecule has 5 rings (SSSR count). The van der Waals surface area contributed by atoms with Crippen molar-refractivity contribution < 1.29 is 9.47 Å². The molecule has 0 saturated carbocycles. The van der Waals surface area contributed by atoms with Crippen molar-refractivity contribution in [3.8, 4) is 11.4 Å². The predicted molar refractivity (Wildman–Crippen MR) is 146 cm³/mol. The number of aromatic nitrogens is 3. The van der Waals surface area contributed by atoms with Gasteiger partial charge in [0.2, 0.25) is 0 Å². The normalized spacial score (nSPS) is 17.8. The minimum atomic E-state index is 0.642. The molecule has 0 aromatic carbocycles. The highest BCUT2D eigenvalue weighted by molar-refractivity contribution is 7.18. The van der Waals surface area contributed by atoms with Crippen molar-refractivity contribution in [1.29, 1.82) is 0 Å². The molecule has 36 heavy (non-hydrogen) atoms. The second kappa shape index (κ2) is 11.8. The third-order valence-corrected chi connectivity index (χ3v) is 8.23. The van der Waals surface area contributed by atoms with Crippen LogP contribution in [-0.4, -0.2) is 105 Å². The molecule has 10 heteroatoms. The Hall–Kier alpha value is -2.37. The monoisotopic (exact) mass is 511 g/mol. The minimum absolute atomic E-state index is 0.642. The van der Waals surface area contributed by atoms with Gasteiger partial charge in [0.15, 0.2) is 5.82 Å². The van der Waals surface area contributed by atoms with Crippen molar-refractivity contribution in [3.05, 3.63) is 29.3 Å². The summed E-state index contributed by atoms with van der Waals surface area (Å²) in [7, 11) is 5.86. The Kier molecular flexibility index (Phi) is 8.28. The fraction of sp³-hybridized carbons (Fsp3) is 0.577. The molecule has 2 aliphatic heterocycles. The molecule has 2 aliphatic rings. The predicted octanol–water partition coefficient (Wildman–Crippen LogP) is 3.17. The molecule has 9 nitrogen and oxygen atoms in total. The maximum Gasteiger partial charge on any atom is 0.164 e. The first-order valence-electron chi connectivity index (χ1n) is 12.8. The van der Waals surface area contributed by atoms with Gasteiger partial charge in [0.1, 0.15) is 16.5 Å². The Labute approximate surface area is 217 Å². The number of nitrogens with one attached hydrogen (secondary N) is 1. The van der Waals surface area contributed by atoms with Gasteiger partial charge in [-0.25, -0.2) is 15.0 Å². The molecule has 0 atom stereocenters. The Morgan fingerprint density at radius 3 is 2.67 bits per heavy atom. The van der Waals surface area contributed by atoms with Crippen LogP contribution in [0.3, 0.4) is 0 Å². The lowest BCUT2D eigenvalue weighted by Gasteiger charge is -2.36. The maximum atomic E-state index is 5.61. The van der Waals surface area contributed by atoms with Crippen LogP contribution in [0.25, 0.3) is 21.6 Å². The summed E-state index contributed by atoms with van der Waals surface area (Å²) in [4.78, 5) is 24.3. The number of fused-ring (bicyclic) bond motifs is 1. The van der Waals surface area contributed by atoms with Gasteiger partial charge in [0, 0.05) is 76.1 Å². The van der Waals surface area contributed by atoms with E-state index in [2.05, 4.69) is 38.1 Å². The number of anilines is 2. The standard InChI is InChI=1S/C26H37N7O2S/c1-27-23-5-4-19(17-28-23)24-29-25(33-11-14-35-15-12-33)22-16-21(36-26(22)30-24)18-32-8-6-20(7-9-32)31(2)10-13-34-3/h4-5,16-17,20H,6-15,18H2,1-3H3,(H,27,28). The van der Waals surface area contributed by atoms with Crippen molar-refractivity contribution in [2.45, 2.75) is 25.4 Å². The van der Waals surface area contributed by atoms with E-state index in [1.165, 1.54) is 17.7 Å². The molecule has 0 radical (unpaired) electrons. The number of hydrogen-bond acceptors (Lipinski definition) is 10. The minimum Gasteiger partial charge on any atom is -0.383 e. The van der Waals surface area contributed by atoms with Gasteiger partial charge >= 0.3 is 0 Å². The number of morpholine rings is 1. The van der Waals surface area contributed by atoms with Gasteiger partial charge in [-0.05, 0) is 38.1 Å². The first-order valence-corrected chi connectivity index (χ1v) is 13.6. The number of ether oxygens (including phenoxy) is 2. The van der Waals surface area contributed by atoms with Crippen LogP contribution in [-0.2, 0) is 16.0 Å². The lowest BCUT2D eigenvalue weighted by molar-refractivity contribution is 0.0948. The van der Waals surface area contributed by atoms with E-state index in [9.17, 15) is 0 Å². The van der Waals surface area contributed by atoms with E-state index in [0.717, 1.165) is 92.3 Å². The largest absolute Gasteiger partial charge is 0.383 e. The molecule has 3 aromatic heterocycles. The Morgan fingerprint density at radius 1 is 1.17 bits per heavy atom. The molecule has 1 N–H and O–H groups in total. The van der Waals surface area contributed by atoms with Crippen molar-refractivity contribution in [3.63, 3.8) is 0 Å².